The summed E-state index contributed by atoms with van der Waals surface area (Å²) in [4.78, 5) is 0. The van der Waals surface area contributed by atoms with Crippen molar-refractivity contribution < 1.29 is 9.47 Å². The topological polar surface area (TPSA) is 18.5 Å². The first-order valence-corrected chi connectivity index (χ1v) is 6.33. The first-order valence-electron chi connectivity index (χ1n) is 6.33. The number of ether oxygens (including phenoxy) is 2. The third kappa shape index (κ3) is 4.12. The molecule has 0 amide bonds. The Hall–Kier alpha value is -0.0800. The molecule has 0 aromatic carbocycles. The Labute approximate surface area is 94.3 Å². The Morgan fingerprint density at radius 2 is 2.00 bits per heavy atom. The van der Waals surface area contributed by atoms with Gasteiger partial charge >= 0.3 is 0 Å². The Morgan fingerprint density at radius 3 is 2.40 bits per heavy atom. The van der Waals surface area contributed by atoms with Crippen molar-refractivity contribution >= 4 is 0 Å². The van der Waals surface area contributed by atoms with Crippen LogP contribution in [0, 0.1) is 11.8 Å². The van der Waals surface area contributed by atoms with Crippen LogP contribution in [0.3, 0.4) is 0 Å². The van der Waals surface area contributed by atoms with Gasteiger partial charge in [-0.15, -0.1) is 0 Å². The average molecular weight is 214 g/mol. The van der Waals surface area contributed by atoms with Gasteiger partial charge in [-0.3, -0.25) is 0 Å². The third-order valence-electron chi connectivity index (χ3n) is 3.64. The molecule has 2 atom stereocenters. The zero-order valence-corrected chi connectivity index (χ0v) is 10.5. The van der Waals surface area contributed by atoms with Crippen LogP contribution in [0.4, 0.5) is 0 Å². The van der Waals surface area contributed by atoms with Gasteiger partial charge in [-0.1, -0.05) is 32.6 Å². The van der Waals surface area contributed by atoms with Gasteiger partial charge in [0.2, 0.25) is 0 Å². The average Bonchev–Trinajstić information content (AvgIpc) is 2.18. The molecular weight excluding hydrogens is 188 g/mol. The molecule has 1 aliphatic carbocycles. The van der Waals surface area contributed by atoms with Crippen LogP contribution in [-0.2, 0) is 9.47 Å². The highest BCUT2D eigenvalue weighted by Gasteiger charge is 2.27. The predicted octanol–water partition coefficient (Wildman–Crippen LogP) is 3.25. The maximum atomic E-state index is 5.59. The minimum atomic E-state index is 0.399. The van der Waals surface area contributed by atoms with Crippen LogP contribution >= 0.6 is 0 Å². The SMILES string of the molecule is CCCC(OC)C(COC)CC1CCC1. The van der Waals surface area contributed by atoms with E-state index in [1.54, 1.807) is 7.11 Å². The minimum absolute atomic E-state index is 0.399. The van der Waals surface area contributed by atoms with E-state index in [-0.39, 0.29) is 0 Å². The summed E-state index contributed by atoms with van der Waals surface area (Å²) in [5.41, 5.74) is 0. The van der Waals surface area contributed by atoms with Crippen molar-refractivity contribution in [3.63, 3.8) is 0 Å². The van der Waals surface area contributed by atoms with Gasteiger partial charge < -0.3 is 9.47 Å². The number of rotatable bonds is 8. The van der Waals surface area contributed by atoms with Crippen molar-refractivity contribution in [1.82, 2.24) is 0 Å². The molecule has 2 unspecified atom stereocenters. The molecule has 0 aliphatic heterocycles. The van der Waals surface area contributed by atoms with E-state index in [0.717, 1.165) is 18.9 Å². The molecule has 0 spiro atoms. The van der Waals surface area contributed by atoms with Gasteiger partial charge in [0.15, 0.2) is 0 Å². The largest absolute Gasteiger partial charge is 0.384 e. The van der Waals surface area contributed by atoms with E-state index in [0.29, 0.717) is 12.0 Å². The minimum Gasteiger partial charge on any atom is -0.384 e. The van der Waals surface area contributed by atoms with Crippen LogP contribution in [0.1, 0.15) is 45.4 Å². The lowest BCUT2D eigenvalue weighted by atomic mass is 9.77. The summed E-state index contributed by atoms with van der Waals surface area (Å²) in [6.07, 6.45) is 8.32. The van der Waals surface area contributed by atoms with Gasteiger partial charge in [-0.2, -0.15) is 0 Å². The van der Waals surface area contributed by atoms with Gasteiger partial charge in [-0.25, -0.2) is 0 Å². The van der Waals surface area contributed by atoms with E-state index in [1.165, 1.54) is 32.1 Å². The molecule has 2 nitrogen and oxygen atoms in total. The smallest absolute Gasteiger partial charge is 0.0621 e. The molecule has 90 valence electrons. The molecule has 0 aromatic heterocycles. The molecule has 1 aliphatic rings. The van der Waals surface area contributed by atoms with Crippen LogP contribution in [0.5, 0.6) is 0 Å². The molecule has 0 bridgehead atoms. The number of methoxy groups -OCH3 is 2. The van der Waals surface area contributed by atoms with Crippen LogP contribution < -0.4 is 0 Å². The van der Waals surface area contributed by atoms with Crippen LogP contribution in [0.2, 0.25) is 0 Å². The molecule has 0 N–H and O–H groups in total. The van der Waals surface area contributed by atoms with Crippen LogP contribution in [-0.4, -0.2) is 26.9 Å². The summed E-state index contributed by atoms with van der Waals surface area (Å²) in [7, 11) is 3.64. The third-order valence-corrected chi connectivity index (χ3v) is 3.64. The van der Waals surface area contributed by atoms with Crippen molar-refractivity contribution in [1.29, 1.82) is 0 Å². The van der Waals surface area contributed by atoms with Gasteiger partial charge in [-0.05, 0) is 18.8 Å². The van der Waals surface area contributed by atoms with Crippen molar-refractivity contribution in [2.24, 2.45) is 11.8 Å². The highest BCUT2D eigenvalue weighted by molar-refractivity contribution is 4.78. The van der Waals surface area contributed by atoms with Crippen molar-refractivity contribution in [3.05, 3.63) is 0 Å². The predicted molar refractivity (Wildman–Crippen MR) is 63.0 cm³/mol. The fourth-order valence-corrected chi connectivity index (χ4v) is 2.53. The first-order chi connectivity index (χ1) is 7.31. The Kier molecular flexibility index (Phi) is 6.26. The molecule has 2 heteroatoms. The van der Waals surface area contributed by atoms with E-state index >= 15 is 0 Å². The van der Waals surface area contributed by atoms with Gasteiger partial charge in [0.1, 0.15) is 0 Å². The quantitative estimate of drug-likeness (QED) is 0.617. The van der Waals surface area contributed by atoms with E-state index in [2.05, 4.69) is 6.92 Å². The first kappa shape index (κ1) is 13.0. The molecule has 0 heterocycles. The summed E-state index contributed by atoms with van der Waals surface area (Å²) in [5, 5.41) is 0. The van der Waals surface area contributed by atoms with Crippen molar-refractivity contribution in [3.8, 4) is 0 Å². The molecule has 0 radical (unpaired) electrons. The molecule has 0 saturated heterocycles. The maximum absolute atomic E-state index is 5.59. The van der Waals surface area contributed by atoms with Crippen molar-refractivity contribution in [2.45, 2.75) is 51.6 Å². The summed E-state index contributed by atoms with van der Waals surface area (Å²) in [5.74, 6) is 1.55. The summed E-state index contributed by atoms with van der Waals surface area (Å²) in [6, 6.07) is 0. The fourth-order valence-electron chi connectivity index (χ4n) is 2.53. The lowest BCUT2D eigenvalue weighted by molar-refractivity contribution is -0.00606. The molecule has 15 heavy (non-hydrogen) atoms. The zero-order chi connectivity index (χ0) is 11.1. The second kappa shape index (κ2) is 7.24. The van der Waals surface area contributed by atoms with E-state index in [4.69, 9.17) is 9.47 Å². The van der Waals surface area contributed by atoms with E-state index in [9.17, 15) is 0 Å². The highest BCUT2D eigenvalue weighted by Crippen LogP contribution is 2.34. The maximum Gasteiger partial charge on any atom is 0.0621 e. The Morgan fingerprint density at radius 1 is 1.27 bits per heavy atom. The zero-order valence-electron chi connectivity index (χ0n) is 10.5. The lowest BCUT2D eigenvalue weighted by Crippen LogP contribution is -2.30. The van der Waals surface area contributed by atoms with Crippen LogP contribution in [0.15, 0.2) is 0 Å². The Bertz CT molecular complexity index is 155. The summed E-state index contributed by atoms with van der Waals surface area (Å²) in [6.45, 7) is 3.08. The summed E-state index contributed by atoms with van der Waals surface area (Å²) >= 11 is 0. The standard InChI is InChI=1S/C13H26O2/c1-4-6-13(15-3)12(10-14-2)9-11-7-5-8-11/h11-13H,4-10H2,1-3H3. The molecule has 1 saturated carbocycles. The summed E-state index contributed by atoms with van der Waals surface area (Å²) < 4.78 is 10.9. The second-order valence-electron chi connectivity index (χ2n) is 4.81. The van der Waals surface area contributed by atoms with Gasteiger partial charge in [0, 0.05) is 20.1 Å². The number of hydrogen-bond donors (Lipinski definition) is 0. The monoisotopic (exact) mass is 214 g/mol. The highest BCUT2D eigenvalue weighted by atomic mass is 16.5. The Balaban J connectivity index is 2.37. The van der Waals surface area contributed by atoms with E-state index in [1.807, 2.05) is 7.11 Å². The van der Waals surface area contributed by atoms with Gasteiger partial charge in [0.25, 0.3) is 0 Å². The normalized spacial score (nSPS) is 21.0. The molecule has 1 fully saturated rings. The number of hydrogen-bond acceptors (Lipinski definition) is 2. The molecule has 0 aromatic rings. The van der Waals surface area contributed by atoms with Crippen LogP contribution in [0.25, 0.3) is 0 Å². The van der Waals surface area contributed by atoms with Crippen molar-refractivity contribution in [2.75, 3.05) is 20.8 Å². The molecule has 1 rings (SSSR count). The fraction of sp³-hybridized carbons (Fsp3) is 1.00. The lowest BCUT2D eigenvalue weighted by Gasteiger charge is -2.33. The van der Waals surface area contributed by atoms with E-state index < -0.39 is 0 Å². The van der Waals surface area contributed by atoms with Gasteiger partial charge in [0.05, 0.1) is 12.7 Å². The molecular formula is C13H26O2. The second-order valence-corrected chi connectivity index (χ2v) is 4.81.